The fourth-order valence-electron chi connectivity index (χ4n) is 2.33. The zero-order chi connectivity index (χ0) is 14.2. The molecule has 0 radical (unpaired) electrons. The zero-order valence-electron chi connectivity index (χ0n) is 11.4. The Hall–Kier alpha value is -1.07. The lowest BCUT2D eigenvalue weighted by atomic mass is 10.0. The summed E-state index contributed by atoms with van der Waals surface area (Å²) in [6.45, 7) is 7.30. The number of hydrogen-bond donors (Lipinski definition) is 1. The van der Waals surface area contributed by atoms with Gasteiger partial charge < -0.3 is 5.32 Å². The Morgan fingerprint density at radius 3 is 2.53 bits per heavy atom. The lowest BCUT2D eigenvalue weighted by Crippen LogP contribution is -2.31. The molecule has 1 fully saturated rings. The molecule has 19 heavy (non-hydrogen) atoms. The molecule has 0 unspecified atom stereocenters. The van der Waals surface area contributed by atoms with E-state index in [2.05, 4.69) is 24.1 Å². The third kappa shape index (κ3) is 3.09. The predicted octanol–water partition coefficient (Wildman–Crippen LogP) is 3.15. The SMILES string of the molecule is Cc1ccc(C(F)(F)F)cc1CN1CN[C@H](C)[C@@H]1C. The first-order chi connectivity index (χ1) is 8.79. The second-order valence-electron chi connectivity index (χ2n) is 5.28. The summed E-state index contributed by atoms with van der Waals surface area (Å²) in [5.74, 6) is 0. The highest BCUT2D eigenvalue weighted by molar-refractivity contribution is 5.32. The van der Waals surface area contributed by atoms with E-state index >= 15 is 0 Å². The maximum Gasteiger partial charge on any atom is 0.416 e. The van der Waals surface area contributed by atoms with Crippen molar-refractivity contribution >= 4 is 0 Å². The van der Waals surface area contributed by atoms with Gasteiger partial charge in [0.2, 0.25) is 0 Å². The minimum atomic E-state index is -4.27. The molecule has 5 heteroatoms. The molecule has 0 aromatic heterocycles. The molecule has 1 aliphatic heterocycles. The number of nitrogens with zero attached hydrogens (tertiary/aromatic N) is 1. The summed E-state index contributed by atoms with van der Waals surface area (Å²) >= 11 is 0. The van der Waals surface area contributed by atoms with Crippen LogP contribution in [0.2, 0.25) is 0 Å². The Morgan fingerprint density at radius 1 is 1.32 bits per heavy atom. The highest BCUT2D eigenvalue weighted by Gasteiger charge is 2.32. The van der Waals surface area contributed by atoms with Gasteiger partial charge in [-0.25, -0.2) is 0 Å². The zero-order valence-corrected chi connectivity index (χ0v) is 11.4. The van der Waals surface area contributed by atoms with E-state index < -0.39 is 11.7 Å². The van der Waals surface area contributed by atoms with Crippen LogP contribution in [0.4, 0.5) is 13.2 Å². The van der Waals surface area contributed by atoms with E-state index in [9.17, 15) is 13.2 Å². The van der Waals surface area contributed by atoms with Crippen LogP contribution in [0.15, 0.2) is 18.2 Å². The largest absolute Gasteiger partial charge is 0.416 e. The number of halogens is 3. The van der Waals surface area contributed by atoms with Gasteiger partial charge in [-0.05, 0) is 44.0 Å². The first kappa shape index (κ1) is 14.3. The van der Waals surface area contributed by atoms with Gasteiger partial charge in [0.25, 0.3) is 0 Å². The lowest BCUT2D eigenvalue weighted by molar-refractivity contribution is -0.137. The third-order valence-electron chi connectivity index (χ3n) is 3.97. The van der Waals surface area contributed by atoms with Gasteiger partial charge >= 0.3 is 6.18 Å². The molecule has 0 saturated carbocycles. The fraction of sp³-hybridized carbons (Fsp3) is 0.571. The van der Waals surface area contributed by atoms with Gasteiger partial charge in [-0.3, -0.25) is 4.90 Å². The topological polar surface area (TPSA) is 15.3 Å². The summed E-state index contributed by atoms with van der Waals surface area (Å²) in [6, 6.07) is 4.66. The van der Waals surface area contributed by atoms with Crippen LogP contribution in [-0.2, 0) is 12.7 Å². The molecule has 1 aliphatic rings. The van der Waals surface area contributed by atoms with Gasteiger partial charge in [0, 0.05) is 25.3 Å². The summed E-state index contributed by atoms with van der Waals surface area (Å²) in [4.78, 5) is 2.16. The molecule has 1 heterocycles. The van der Waals surface area contributed by atoms with Crippen molar-refractivity contribution in [2.45, 2.75) is 45.6 Å². The van der Waals surface area contributed by atoms with Crippen molar-refractivity contribution in [3.8, 4) is 0 Å². The molecule has 0 amide bonds. The van der Waals surface area contributed by atoms with Crippen LogP contribution in [-0.4, -0.2) is 23.7 Å². The van der Waals surface area contributed by atoms with Crippen LogP contribution in [0.5, 0.6) is 0 Å². The third-order valence-corrected chi connectivity index (χ3v) is 3.97. The summed E-state index contributed by atoms with van der Waals surface area (Å²) < 4.78 is 38.2. The van der Waals surface area contributed by atoms with Gasteiger partial charge in [0.15, 0.2) is 0 Å². The molecule has 1 aromatic rings. The first-order valence-electron chi connectivity index (χ1n) is 6.43. The number of rotatable bonds is 2. The summed E-state index contributed by atoms with van der Waals surface area (Å²) in [6.07, 6.45) is -4.27. The average Bonchev–Trinajstić information content (AvgIpc) is 2.62. The van der Waals surface area contributed by atoms with Crippen molar-refractivity contribution in [1.29, 1.82) is 0 Å². The molecule has 1 aromatic carbocycles. The number of hydrogen-bond acceptors (Lipinski definition) is 2. The molecule has 1 saturated heterocycles. The second kappa shape index (κ2) is 5.13. The van der Waals surface area contributed by atoms with Crippen molar-refractivity contribution < 1.29 is 13.2 Å². The monoisotopic (exact) mass is 272 g/mol. The van der Waals surface area contributed by atoms with E-state index in [0.717, 1.165) is 23.9 Å². The van der Waals surface area contributed by atoms with Crippen LogP contribution in [0.25, 0.3) is 0 Å². The molecule has 2 nitrogen and oxygen atoms in total. The number of alkyl halides is 3. The molecule has 106 valence electrons. The van der Waals surface area contributed by atoms with E-state index in [-0.39, 0.29) is 0 Å². The smallest absolute Gasteiger partial charge is 0.300 e. The van der Waals surface area contributed by atoms with Crippen molar-refractivity contribution in [2.75, 3.05) is 6.67 Å². The molecule has 0 bridgehead atoms. The van der Waals surface area contributed by atoms with Crippen molar-refractivity contribution in [3.63, 3.8) is 0 Å². The van der Waals surface area contributed by atoms with Gasteiger partial charge in [0.1, 0.15) is 0 Å². The van der Waals surface area contributed by atoms with E-state index in [1.54, 1.807) is 6.07 Å². The Labute approximate surface area is 111 Å². The van der Waals surface area contributed by atoms with Crippen molar-refractivity contribution in [1.82, 2.24) is 10.2 Å². The Morgan fingerprint density at radius 2 is 2.00 bits per heavy atom. The number of aryl methyl sites for hydroxylation is 1. The Kier molecular flexibility index (Phi) is 3.87. The summed E-state index contributed by atoms with van der Waals surface area (Å²) in [5.41, 5.74) is 1.08. The highest BCUT2D eigenvalue weighted by atomic mass is 19.4. The van der Waals surface area contributed by atoms with Gasteiger partial charge in [-0.2, -0.15) is 13.2 Å². The Bertz CT molecular complexity index is 456. The van der Waals surface area contributed by atoms with E-state index in [1.807, 2.05) is 6.92 Å². The van der Waals surface area contributed by atoms with Gasteiger partial charge in [-0.15, -0.1) is 0 Å². The first-order valence-corrected chi connectivity index (χ1v) is 6.43. The minimum Gasteiger partial charge on any atom is -0.300 e. The molecule has 2 atom stereocenters. The van der Waals surface area contributed by atoms with Crippen molar-refractivity contribution in [3.05, 3.63) is 34.9 Å². The second-order valence-corrected chi connectivity index (χ2v) is 5.28. The van der Waals surface area contributed by atoms with E-state index in [0.29, 0.717) is 18.6 Å². The molecule has 2 rings (SSSR count). The van der Waals surface area contributed by atoms with E-state index in [4.69, 9.17) is 0 Å². The van der Waals surface area contributed by atoms with Crippen LogP contribution < -0.4 is 5.32 Å². The standard InChI is InChI=1S/C14H19F3N2/c1-9-4-5-13(14(15,16)17)6-12(9)7-19-8-18-10(2)11(19)3/h4-6,10-11,18H,7-8H2,1-3H3/t10-,11+/m1/s1. The molecular weight excluding hydrogens is 253 g/mol. The van der Waals surface area contributed by atoms with Gasteiger partial charge in [0.05, 0.1) is 5.56 Å². The van der Waals surface area contributed by atoms with Crippen LogP contribution >= 0.6 is 0 Å². The highest BCUT2D eigenvalue weighted by Crippen LogP contribution is 2.31. The Balaban J connectivity index is 2.20. The van der Waals surface area contributed by atoms with Crippen LogP contribution in [0.3, 0.4) is 0 Å². The number of nitrogens with one attached hydrogen (secondary N) is 1. The van der Waals surface area contributed by atoms with Crippen LogP contribution in [0.1, 0.15) is 30.5 Å². The molecule has 0 aliphatic carbocycles. The fourth-order valence-corrected chi connectivity index (χ4v) is 2.33. The maximum atomic E-state index is 12.7. The van der Waals surface area contributed by atoms with Crippen LogP contribution in [0, 0.1) is 6.92 Å². The normalized spacial score (nSPS) is 24.9. The predicted molar refractivity (Wildman–Crippen MR) is 68.7 cm³/mol. The summed E-state index contributed by atoms with van der Waals surface area (Å²) in [7, 11) is 0. The maximum absolute atomic E-state index is 12.7. The molecular formula is C14H19F3N2. The molecule has 1 N–H and O–H groups in total. The summed E-state index contributed by atoms with van der Waals surface area (Å²) in [5, 5.41) is 3.31. The van der Waals surface area contributed by atoms with Crippen molar-refractivity contribution in [2.24, 2.45) is 0 Å². The molecule has 0 spiro atoms. The van der Waals surface area contributed by atoms with E-state index in [1.165, 1.54) is 6.07 Å². The minimum absolute atomic E-state index is 0.328. The number of benzene rings is 1. The lowest BCUT2D eigenvalue weighted by Gasteiger charge is -2.23. The quantitative estimate of drug-likeness (QED) is 0.889. The van der Waals surface area contributed by atoms with Gasteiger partial charge in [-0.1, -0.05) is 6.07 Å². The average molecular weight is 272 g/mol.